The fourth-order valence-corrected chi connectivity index (χ4v) is 2.54. The third kappa shape index (κ3) is 2.73. The zero-order valence-corrected chi connectivity index (χ0v) is 13.0. The van der Waals surface area contributed by atoms with Crippen LogP contribution >= 0.6 is 15.9 Å². The van der Waals surface area contributed by atoms with Crippen molar-refractivity contribution in [1.82, 2.24) is 15.0 Å². The molecule has 0 saturated heterocycles. The molecule has 3 N–H and O–H groups in total. The van der Waals surface area contributed by atoms with E-state index in [1.54, 1.807) is 0 Å². The summed E-state index contributed by atoms with van der Waals surface area (Å²) >= 11 is 3.59. The van der Waals surface area contributed by atoms with Gasteiger partial charge < -0.3 is 4.57 Å². The van der Waals surface area contributed by atoms with Gasteiger partial charge in [-0.15, -0.1) is 0 Å². The van der Waals surface area contributed by atoms with Crippen LogP contribution in [0.3, 0.4) is 0 Å². The molecule has 0 bridgehead atoms. The van der Waals surface area contributed by atoms with Gasteiger partial charge in [-0.1, -0.05) is 28.1 Å². The minimum atomic E-state index is -0.0968. The Morgan fingerprint density at radius 1 is 1.37 bits per heavy atom. The molecule has 102 valence electrons. The van der Waals surface area contributed by atoms with E-state index in [1.807, 2.05) is 12.4 Å². The van der Waals surface area contributed by atoms with Crippen molar-refractivity contribution in [2.75, 3.05) is 0 Å². The highest BCUT2D eigenvalue weighted by Crippen LogP contribution is 2.28. The Morgan fingerprint density at radius 3 is 2.53 bits per heavy atom. The molecule has 1 atom stereocenters. The van der Waals surface area contributed by atoms with Gasteiger partial charge >= 0.3 is 0 Å². The summed E-state index contributed by atoms with van der Waals surface area (Å²) in [5.74, 6) is 6.68. The summed E-state index contributed by atoms with van der Waals surface area (Å²) in [6.45, 7) is 7.14. The Hall–Kier alpha value is -1.17. The molecule has 1 heterocycles. The highest BCUT2D eigenvalue weighted by Gasteiger charge is 2.18. The number of rotatable bonds is 4. The lowest BCUT2D eigenvalue weighted by atomic mass is 10.0. The van der Waals surface area contributed by atoms with Crippen LogP contribution in [-0.4, -0.2) is 9.55 Å². The van der Waals surface area contributed by atoms with E-state index in [9.17, 15) is 0 Å². The van der Waals surface area contributed by atoms with Crippen LogP contribution in [0.1, 0.15) is 35.5 Å². The van der Waals surface area contributed by atoms with E-state index in [-0.39, 0.29) is 6.04 Å². The van der Waals surface area contributed by atoms with Crippen LogP contribution in [0.4, 0.5) is 0 Å². The van der Waals surface area contributed by atoms with E-state index < -0.39 is 0 Å². The van der Waals surface area contributed by atoms with Crippen LogP contribution in [0.25, 0.3) is 0 Å². The van der Waals surface area contributed by atoms with Crippen molar-refractivity contribution in [1.29, 1.82) is 0 Å². The van der Waals surface area contributed by atoms with Crippen LogP contribution in [0.5, 0.6) is 0 Å². The number of nitrogens with one attached hydrogen (secondary N) is 1. The SMILES string of the molecule is CCn1ccnc1C(NN)c1cc(C)c(Br)c(C)c1. The Bertz CT molecular complexity index is 554. The molecule has 1 aromatic heterocycles. The molecule has 0 aliphatic rings. The summed E-state index contributed by atoms with van der Waals surface area (Å²) in [5, 5.41) is 0. The van der Waals surface area contributed by atoms with Gasteiger partial charge in [0.2, 0.25) is 0 Å². The molecule has 5 heteroatoms. The number of nitrogens with zero attached hydrogens (tertiary/aromatic N) is 2. The van der Waals surface area contributed by atoms with E-state index in [0.717, 1.165) is 22.4 Å². The molecular formula is C14H19BrN4. The molecule has 0 saturated carbocycles. The third-order valence-electron chi connectivity index (χ3n) is 3.31. The van der Waals surface area contributed by atoms with Gasteiger partial charge in [-0.2, -0.15) is 0 Å². The molecule has 0 aliphatic carbocycles. The summed E-state index contributed by atoms with van der Waals surface area (Å²) in [6, 6.07) is 4.17. The van der Waals surface area contributed by atoms with Crippen molar-refractivity contribution in [2.45, 2.75) is 33.4 Å². The molecule has 0 radical (unpaired) electrons. The van der Waals surface area contributed by atoms with Crippen LogP contribution in [0, 0.1) is 13.8 Å². The second-order valence-corrected chi connectivity index (χ2v) is 5.43. The zero-order chi connectivity index (χ0) is 14.0. The molecule has 0 spiro atoms. The predicted molar refractivity (Wildman–Crippen MR) is 80.7 cm³/mol. The molecule has 19 heavy (non-hydrogen) atoms. The molecule has 4 nitrogen and oxygen atoms in total. The molecule has 2 rings (SSSR count). The Balaban J connectivity index is 2.48. The number of imidazole rings is 1. The van der Waals surface area contributed by atoms with Gasteiger partial charge in [0, 0.05) is 23.4 Å². The third-order valence-corrected chi connectivity index (χ3v) is 4.56. The second-order valence-electron chi connectivity index (χ2n) is 4.64. The van der Waals surface area contributed by atoms with Crippen molar-refractivity contribution in [3.63, 3.8) is 0 Å². The molecule has 1 aromatic carbocycles. The van der Waals surface area contributed by atoms with Crippen LogP contribution in [0.15, 0.2) is 29.0 Å². The van der Waals surface area contributed by atoms with Crippen molar-refractivity contribution in [2.24, 2.45) is 5.84 Å². The number of aryl methyl sites for hydroxylation is 3. The van der Waals surface area contributed by atoms with Crippen LogP contribution in [0.2, 0.25) is 0 Å². The highest BCUT2D eigenvalue weighted by molar-refractivity contribution is 9.10. The minimum Gasteiger partial charge on any atom is -0.334 e. The lowest BCUT2D eigenvalue weighted by Crippen LogP contribution is -2.31. The Morgan fingerprint density at radius 2 is 2.00 bits per heavy atom. The van der Waals surface area contributed by atoms with Crippen molar-refractivity contribution in [3.8, 4) is 0 Å². The fourth-order valence-electron chi connectivity index (χ4n) is 2.31. The highest BCUT2D eigenvalue weighted by atomic mass is 79.9. The van der Waals surface area contributed by atoms with Gasteiger partial charge in [-0.25, -0.2) is 10.4 Å². The first kappa shape index (κ1) is 14.2. The van der Waals surface area contributed by atoms with Gasteiger partial charge in [0.1, 0.15) is 11.9 Å². The lowest BCUT2D eigenvalue weighted by Gasteiger charge is -2.19. The van der Waals surface area contributed by atoms with Gasteiger partial charge in [0.05, 0.1) is 0 Å². The Labute approximate surface area is 122 Å². The van der Waals surface area contributed by atoms with Crippen molar-refractivity contribution < 1.29 is 0 Å². The topological polar surface area (TPSA) is 55.9 Å². The summed E-state index contributed by atoms with van der Waals surface area (Å²) in [5.41, 5.74) is 6.40. The largest absolute Gasteiger partial charge is 0.334 e. The van der Waals surface area contributed by atoms with Gasteiger partial charge in [0.15, 0.2) is 0 Å². The average molecular weight is 323 g/mol. The minimum absolute atomic E-state index is 0.0968. The van der Waals surface area contributed by atoms with Gasteiger partial charge in [-0.3, -0.25) is 5.84 Å². The first-order valence-corrected chi connectivity index (χ1v) is 7.11. The average Bonchev–Trinajstić information content (AvgIpc) is 2.85. The zero-order valence-electron chi connectivity index (χ0n) is 11.4. The number of benzene rings is 1. The van der Waals surface area contributed by atoms with Gasteiger partial charge in [-0.05, 0) is 37.5 Å². The molecule has 0 aliphatic heterocycles. The summed E-state index contributed by atoms with van der Waals surface area (Å²) in [7, 11) is 0. The quantitative estimate of drug-likeness (QED) is 0.672. The maximum absolute atomic E-state index is 5.74. The Kier molecular flexibility index (Phi) is 4.39. The fraction of sp³-hybridized carbons (Fsp3) is 0.357. The second kappa shape index (κ2) is 5.86. The molecule has 2 aromatic rings. The molecule has 0 amide bonds. The number of nitrogens with two attached hydrogens (primary N) is 1. The van der Waals surface area contributed by atoms with E-state index >= 15 is 0 Å². The van der Waals surface area contributed by atoms with E-state index in [1.165, 1.54) is 11.1 Å². The summed E-state index contributed by atoms with van der Waals surface area (Å²) in [6.07, 6.45) is 3.78. The normalized spacial score (nSPS) is 12.7. The lowest BCUT2D eigenvalue weighted by molar-refractivity contribution is 0.560. The first-order chi connectivity index (χ1) is 9.08. The number of hydrazine groups is 1. The molecular weight excluding hydrogens is 304 g/mol. The number of hydrogen-bond donors (Lipinski definition) is 2. The summed E-state index contributed by atoms with van der Waals surface area (Å²) < 4.78 is 3.24. The van der Waals surface area contributed by atoms with E-state index in [2.05, 4.69) is 63.8 Å². The van der Waals surface area contributed by atoms with Crippen LogP contribution < -0.4 is 11.3 Å². The van der Waals surface area contributed by atoms with Crippen molar-refractivity contribution in [3.05, 3.63) is 51.5 Å². The maximum atomic E-state index is 5.74. The molecule has 0 fully saturated rings. The summed E-state index contributed by atoms with van der Waals surface area (Å²) in [4.78, 5) is 4.43. The molecule has 1 unspecified atom stereocenters. The first-order valence-electron chi connectivity index (χ1n) is 6.32. The number of aromatic nitrogens is 2. The monoisotopic (exact) mass is 322 g/mol. The number of hydrogen-bond acceptors (Lipinski definition) is 3. The van der Waals surface area contributed by atoms with Crippen LogP contribution in [-0.2, 0) is 6.54 Å². The standard InChI is InChI=1S/C14H19BrN4/c1-4-19-6-5-17-14(19)13(18-16)11-7-9(2)12(15)10(3)8-11/h5-8,13,18H,4,16H2,1-3H3. The number of halogens is 1. The predicted octanol–water partition coefficient (Wildman–Crippen LogP) is 2.84. The smallest absolute Gasteiger partial charge is 0.131 e. The van der Waals surface area contributed by atoms with Crippen molar-refractivity contribution >= 4 is 15.9 Å². The van der Waals surface area contributed by atoms with Gasteiger partial charge in [0.25, 0.3) is 0 Å². The van der Waals surface area contributed by atoms with E-state index in [0.29, 0.717) is 0 Å². The maximum Gasteiger partial charge on any atom is 0.131 e. The van der Waals surface area contributed by atoms with E-state index in [4.69, 9.17) is 5.84 Å².